The number of hydrogen-bond donors (Lipinski definition) is 1. The number of hydrogen-bond acceptors (Lipinski definition) is 4. The van der Waals surface area contributed by atoms with E-state index < -0.39 is 0 Å². The second kappa shape index (κ2) is 7.97. The molecule has 0 aliphatic carbocycles. The van der Waals surface area contributed by atoms with Crippen molar-refractivity contribution in [3.8, 4) is 0 Å². The predicted molar refractivity (Wildman–Crippen MR) is 126 cm³/mol. The Labute approximate surface area is 178 Å². The number of nitrogens with zero attached hydrogens (tertiary/aromatic N) is 2. The molecule has 0 fully saturated rings. The van der Waals surface area contributed by atoms with Gasteiger partial charge in [-0.3, -0.25) is 4.79 Å². The summed E-state index contributed by atoms with van der Waals surface area (Å²) in [7, 11) is 0. The zero-order valence-corrected chi connectivity index (χ0v) is 17.0. The largest absolute Gasteiger partial charge is 0.332 e. The van der Waals surface area contributed by atoms with E-state index in [2.05, 4.69) is 29.6 Å². The van der Waals surface area contributed by atoms with E-state index in [1.807, 2.05) is 77.7 Å². The molecule has 5 rings (SSSR count). The van der Waals surface area contributed by atoms with Crippen molar-refractivity contribution < 1.29 is 4.79 Å². The van der Waals surface area contributed by atoms with E-state index in [0.717, 1.165) is 32.4 Å². The highest BCUT2D eigenvalue weighted by molar-refractivity contribution is 7.22. The number of anilines is 3. The molecule has 0 bridgehead atoms. The molecule has 146 valence electrons. The van der Waals surface area contributed by atoms with Crippen LogP contribution in [0.3, 0.4) is 0 Å². The first kappa shape index (κ1) is 18.3. The highest BCUT2D eigenvalue weighted by Crippen LogP contribution is 2.32. The number of carbonyl (C=O) groups is 1. The van der Waals surface area contributed by atoms with Crippen molar-refractivity contribution in [1.29, 1.82) is 0 Å². The molecule has 1 heterocycles. The van der Waals surface area contributed by atoms with Crippen LogP contribution in [0.15, 0.2) is 97.1 Å². The summed E-state index contributed by atoms with van der Waals surface area (Å²) >= 11 is 1.50. The van der Waals surface area contributed by atoms with Crippen molar-refractivity contribution in [2.45, 2.75) is 0 Å². The number of benzene rings is 4. The van der Waals surface area contributed by atoms with Gasteiger partial charge in [0.1, 0.15) is 6.54 Å². The Morgan fingerprint density at radius 1 is 0.800 bits per heavy atom. The number of fused-ring (bicyclic) bond motifs is 3. The van der Waals surface area contributed by atoms with Crippen molar-refractivity contribution >= 4 is 54.7 Å². The van der Waals surface area contributed by atoms with Crippen molar-refractivity contribution in [3.05, 3.63) is 97.1 Å². The van der Waals surface area contributed by atoms with Gasteiger partial charge in [0.05, 0.1) is 10.2 Å². The number of nitrogens with one attached hydrogen (secondary N) is 1. The summed E-state index contributed by atoms with van der Waals surface area (Å²) in [4.78, 5) is 19.6. The van der Waals surface area contributed by atoms with Gasteiger partial charge in [0.15, 0.2) is 5.13 Å². The van der Waals surface area contributed by atoms with E-state index in [4.69, 9.17) is 4.98 Å². The molecular formula is C25H19N3OS. The Morgan fingerprint density at radius 2 is 1.43 bits per heavy atom. The summed E-state index contributed by atoms with van der Waals surface area (Å²) in [6.07, 6.45) is 0. The standard InChI is InChI=1S/C25H19N3OS/c29-23(17-28(19-10-3-1-4-11-19)20-12-5-2-6-13-20)26-25-27-24-21-14-8-7-9-18(21)15-16-22(24)30-25/h1-16H,17H2,(H,26,27,29). The topological polar surface area (TPSA) is 45.2 Å². The number of para-hydroxylation sites is 2. The second-order valence-electron chi connectivity index (χ2n) is 6.96. The highest BCUT2D eigenvalue weighted by atomic mass is 32.1. The average molecular weight is 410 g/mol. The van der Waals surface area contributed by atoms with Gasteiger partial charge in [-0.05, 0) is 35.7 Å². The van der Waals surface area contributed by atoms with Gasteiger partial charge in [-0.2, -0.15) is 0 Å². The lowest BCUT2D eigenvalue weighted by Gasteiger charge is -2.24. The van der Waals surface area contributed by atoms with Crippen LogP contribution in [0, 0.1) is 0 Å². The predicted octanol–water partition coefficient (Wildman–Crippen LogP) is 6.23. The molecule has 0 saturated carbocycles. The quantitative estimate of drug-likeness (QED) is 0.374. The van der Waals surface area contributed by atoms with Gasteiger partial charge in [-0.15, -0.1) is 0 Å². The zero-order chi connectivity index (χ0) is 20.3. The molecule has 30 heavy (non-hydrogen) atoms. The van der Waals surface area contributed by atoms with Crippen LogP contribution < -0.4 is 10.2 Å². The minimum atomic E-state index is -0.105. The SMILES string of the molecule is O=C(CN(c1ccccc1)c1ccccc1)Nc1nc2c(ccc3ccccc32)s1. The van der Waals surface area contributed by atoms with E-state index in [1.165, 1.54) is 11.3 Å². The number of amides is 1. The molecule has 1 aromatic heterocycles. The number of carbonyl (C=O) groups excluding carboxylic acids is 1. The van der Waals surface area contributed by atoms with Crippen molar-refractivity contribution in [2.24, 2.45) is 0 Å². The molecule has 0 unspecified atom stereocenters. The number of thiazole rings is 1. The summed E-state index contributed by atoms with van der Waals surface area (Å²) in [5.41, 5.74) is 2.86. The maximum atomic E-state index is 12.9. The minimum Gasteiger partial charge on any atom is -0.332 e. The van der Waals surface area contributed by atoms with E-state index in [0.29, 0.717) is 5.13 Å². The van der Waals surface area contributed by atoms with Crippen LogP contribution in [0.1, 0.15) is 0 Å². The van der Waals surface area contributed by atoms with Gasteiger partial charge >= 0.3 is 0 Å². The minimum absolute atomic E-state index is 0.105. The van der Waals surface area contributed by atoms with E-state index in [9.17, 15) is 4.79 Å². The molecule has 4 aromatic carbocycles. The Kier molecular flexibility index (Phi) is 4.87. The monoisotopic (exact) mass is 409 g/mol. The number of aromatic nitrogens is 1. The Hall–Kier alpha value is -3.70. The molecule has 0 radical (unpaired) electrons. The number of rotatable bonds is 5. The molecule has 5 heteroatoms. The Morgan fingerprint density at radius 3 is 2.13 bits per heavy atom. The van der Waals surface area contributed by atoms with Crippen molar-refractivity contribution in [2.75, 3.05) is 16.8 Å². The first-order valence-electron chi connectivity index (χ1n) is 9.74. The molecule has 0 atom stereocenters. The summed E-state index contributed by atoms with van der Waals surface area (Å²) in [6.45, 7) is 0.199. The molecule has 0 saturated heterocycles. The lowest BCUT2D eigenvalue weighted by molar-refractivity contribution is -0.114. The summed E-state index contributed by atoms with van der Waals surface area (Å²) in [5, 5.41) is 5.86. The van der Waals surface area contributed by atoms with E-state index in [-0.39, 0.29) is 12.5 Å². The third kappa shape index (κ3) is 3.63. The summed E-state index contributed by atoms with van der Waals surface area (Å²) in [6, 6.07) is 32.2. The first-order chi connectivity index (χ1) is 14.8. The van der Waals surface area contributed by atoms with Crippen LogP contribution in [0.25, 0.3) is 21.0 Å². The van der Waals surface area contributed by atoms with Crippen molar-refractivity contribution in [1.82, 2.24) is 4.98 Å². The molecule has 1 amide bonds. The van der Waals surface area contributed by atoms with Crippen LogP contribution in [0.2, 0.25) is 0 Å². The fourth-order valence-electron chi connectivity index (χ4n) is 3.56. The highest BCUT2D eigenvalue weighted by Gasteiger charge is 2.16. The lowest BCUT2D eigenvalue weighted by atomic mass is 10.1. The third-order valence-corrected chi connectivity index (χ3v) is 5.90. The lowest BCUT2D eigenvalue weighted by Crippen LogP contribution is -2.29. The molecule has 4 nitrogen and oxygen atoms in total. The molecular weight excluding hydrogens is 390 g/mol. The van der Waals surface area contributed by atoms with E-state index >= 15 is 0 Å². The van der Waals surface area contributed by atoms with Crippen LogP contribution in [0.5, 0.6) is 0 Å². The molecule has 0 aliphatic heterocycles. The van der Waals surface area contributed by atoms with Crippen LogP contribution in [-0.4, -0.2) is 17.4 Å². The van der Waals surface area contributed by atoms with Crippen LogP contribution in [-0.2, 0) is 4.79 Å². The van der Waals surface area contributed by atoms with Gasteiger partial charge in [0, 0.05) is 16.8 Å². The molecule has 5 aromatic rings. The van der Waals surface area contributed by atoms with Gasteiger partial charge < -0.3 is 10.2 Å². The van der Waals surface area contributed by atoms with Gasteiger partial charge in [-0.1, -0.05) is 78.1 Å². The zero-order valence-electron chi connectivity index (χ0n) is 16.2. The normalized spacial score (nSPS) is 10.9. The fourth-order valence-corrected chi connectivity index (χ4v) is 4.46. The third-order valence-electron chi connectivity index (χ3n) is 4.97. The summed E-state index contributed by atoms with van der Waals surface area (Å²) in [5.74, 6) is -0.105. The molecule has 0 spiro atoms. The van der Waals surface area contributed by atoms with Crippen molar-refractivity contribution in [3.63, 3.8) is 0 Å². The van der Waals surface area contributed by atoms with E-state index in [1.54, 1.807) is 0 Å². The smallest absolute Gasteiger partial charge is 0.246 e. The van der Waals surface area contributed by atoms with Gasteiger partial charge in [-0.25, -0.2) is 4.98 Å². The second-order valence-corrected chi connectivity index (χ2v) is 7.99. The maximum Gasteiger partial charge on any atom is 0.246 e. The molecule has 0 aliphatic rings. The Balaban J connectivity index is 1.42. The maximum absolute atomic E-state index is 12.9. The van der Waals surface area contributed by atoms with Crippen LogP contribution >= 0.6 is 11.3 Å². The van der Waals surface area contributed by atoms with Gasteiger partial charge in [0.25, 0.3) is 0 Å². The van der Waals surface area contributed by atoms with Crippen LogP contribution in [0.4, 0.5) is 16.5 Å². The molecule has 1 N–H and O–H groups in total. The average Bonchev–Trinajstić information content (AvgIpc) is 3.21. The van der Waals surface area contributed by atoms with Gasteiger partial charge in [0.2, 0.25) is 5.91 Å². The fraction of sp³-hybridized carbons (Fsp3) is 0.0400. The summed E-state index contributed by atoms with van der Waals surface area (Å²) < 4.78 is 1.06. The first-order valence-corrected chi connectivity index (χ1v) is 10.6. The Bertz CT molecular complexity index is 1280.